The minimum atomic E-state index is -3.69. The summed E-state index contributed by atoms with van der Waals surface area (Å²) in [5.41, 5.74) is -1.05. The van der Waals surface area contributed by atoms with E-state index in [0.29, 0.717) is 13.0 Å². The highest BCUT2D eigenvalue weighted by Gasteiger charge is 2.51. The van der Waals surface area contributed by atoms with Crippen molar-refractivity contribution in [3.05, 3.63) is 0 Å². The lowest BCUT2D eigenvalue weighted by Crippen LogP contribution is -2.51. The molecule has 2 rings (SSSR count). The molecule has 0 aromatic carbocycles. The van der Waals surface area contributed by atoms with Crippen LogP contribution in [0.25, 0.3) is 0 Å². The summed E-state index contributed by atoms with van der Waals surface area (Å²) in [4.78, 5) is 17.3. The monoisotopic (exact) mass is 294 g/mol. The number of nitrogens with zero attached hydrogens (tertiary/aromatic N) is 2. The van der Waals surface area contributed by atoms with Crippen molar-refractivity contribution < 1.29 is 27.0 Å². The zero-order chi connectivity index (χ0) is 14.3. The van der Waals surface area contributed by atoms with E-state index in [1.165, 1.54) is 11.4 Å². The Morgan fingerprint density at radius 1 is 1.37 bits per heavy atom. The van der Waals surface area contributed by atoms with Crippen LogP contribution in [0.2, 0.25) is 0 Å². The fourth-order valence-electron chi connectivity index (χ4n) is 2.49. The summed E-state index contributed by atoms with van der Waals surface area (Å²) in [7, 11) is -1.26. The Hall–Kier alpha value is -0.740. The number of rotatable bonds is 3. The Morgan fingerprint density at radius 3 is 2.63 bits per heavy atom. The van der Waals surface area contributed by atoms with Gasteiger partial charge in [0.25, 0.3) is 0 Å². The van der Waals surface area contributed by atoms with Gasteiger partial charge < -0.3 is 4.74 Å². The molecular formula is C10H18N2O6S. The molecule has 8 nitrogen and oxygen atoms in total. The quantitative estimate of drug-likeness (QED) is 0.625. The first-order valence-corrected chi connectivity index (χ1v) is 7.29. The minimum Gasteiger partial charge on any atom is -0.467 e. The van der Waals surface area contributed by atoms with E-state index in [9.17, 15) is 13.2 Å². The van der Waals surface area contributed by atoms with Gasteiger partial charge in [0.15, 0.2) is 5.60 Å². The molecule has 0 saturated carbocycles. The molecule has 0 aliphatic carbocycles. The second kappa shape index (κ2) is 4.98. The van der Waals surface area contributed by atoms with E-state index in [1.807, 2.05) is 0 Å². The van der Waals surface area contributed by atoms with Gasteiger partial charge in [0, 0.05) is 26.1 Å². The summed E-state index contributed by atoms with van der Waals surface area (Å²) in [5.74, 6) is -0.456. The first-order valence-electron chi connectivity index (χ1n) is 5.92. The van der Waals surface area contributed by atoms with Gasteiger partial charge in [-0.2, -0.15) is 17.8 Å². The molecule has 2 aliphatic heterocycles. The number of ether oxygens (including phenoxy) is 1. The molecule has 2 saturated heterocycles. The van der Waals surface area contributed by atoms with Gasteiger partial charge in [-0.1, -0.05) is 0 Å². The van der Waals surface area contributed by atoms with Crippen LogP contribution in [0.3, 0.4) is 0 Å². The largest absolute Gasteiger partial charge is 0.467 e. The fourth-order valence-corrected chi connectivity index (χ4v) is 3.36. The third-order valence-corrected chi connectivity index (χ3v) is 4.86. The van der Waals surface area contributed by atoms with Crippen LogP contribution in [-0.4, -0.2) is 69.3 Å². The van der Waals surface area contributed by atoms with E-state index < -0.39 is 21.9 Å². The summed E-state index contributed by atoms with van der Waals surface area (Å²) in [5, 5.41) is 1.65. The van der Waals surface area contributed by atoms with Gasteiger partial charge in [-0.3, -0.25) is 9.02 Å². The Morgan fingerprint density at radius 2 is 2.05 bits per heavy atom. The van der Waals surface area contributed by atoms with E-state index >= 15 is 0 Å². The van der Waals surface area contributed by atoms with Crippen LogP contribution in [0, 0.1) is 0 Å². The average molecular weight is 294 g/mol. The lowest BCUT2D eigenvalue weighted by molar-refractivity contribution is -0.220. The number of esters is 1. The summed E-state index contributed by atoms with van der Waals surface area (Å²) in [6, 6.07) is -0.178. The number of hydroxylamine groups is 2. The Bertz CT molecular complexity index is 467. The molecule has 2 aliphatic rings. The molecule has 2 atom stereocenters. The van der Waals surface area contributed by atoms with Gasteiger partial charge >= 0.3 is 16.3 Å². The molecular weight excluding hydrogens is 276 g/mol. The maximum atomic E-state index is 11.7. The van der Waals surface area contributed by atoms with Crippen molar-refractivity contribution in [2.24, 2.45) is 0 Å². The van der Waals surface area contributed by atoms with Gasteiger partial charge in [-0.05, 0) is 6.92 Å². The SMILES string of the molecule is COC(=O)[C@@]1(C)C[C@@H]2CN(S(=O)(=O)OC)CCN2O1. The van der Waals surface area contributed by atoms with Crippen LogP contribution < -0.4 is 0 Å². The van der Waals surface area contributed by atoms with Crippen molar-refractivity contribution >= 4 is 16.3 Å². The predicted octanol–water partition coefficient (Wildman–Crippen LogP) is -0.869. The summed E-state index contributed by atoms with van der Waals surface area (Å²) in [6.45, 7) is 2.54. The molecule has 0 amide bonds. The highest BCUT2D eigenvalue weighted by atomic mass is 32.2. The first kappa shape index (κ1) is 14.7. The van der Waals surface area contributed by atoms with Crippen LogP contribution in [-0.2, 0) is 28.9 Å². The van der Waals surface area contributed by atoms with Crippen molar-refractivity contribution in [3.63, 3.8) is 0 Å². The van der Waals surface area contributed by atoms with Gasteiger partial charge in [0.2, 0.25) is 0 Å². The molecule has 2 fully saturated rings. The van der Waals surface area contributed by atoms with E-state index in [4.69, 9.17) is 9.57 Å². The molecule has 0 spiro atoms. The fraction of sp³-hybridized carbons (Fsp3) is 0.900. The van der Waals surface area contributed by atoms with Crippen LogP contribution in [0.4, 0.5) is 0 Å². The maximum absolute atomic E-state index is 11.7. The second-order valence-electron chi connectivity index (χ2n) is 4.79. The van der Waals surface area contributed by atoms with Gasteiger partial charge in [-0.25, -0.2) is 4.79 Å². The maximum Gasteiger partial charge on any atom is 0.340 e. The van der Waals surface area contributed by atoms with E-state index in [0.717, 1.165) is 7.11 Å². The third kappa shape index (κ3) is 2.61. The predicted molar refractivity (Wildman–Crippen MR) is 64.1 cm³/mol. The van der Waals surface area contributed by atoms with E-state index in [2.05, 4.69) is 4.18 Å². The van der Waals surface area contributed by atoms with E-state index in [1.54, 1.807) is 12.0 Å². The van der Waals surface area contributed by atoms with Crippen LogP contribution in [0.5, 0.6) is 0 Å². The third-order valence-electron chi connectivity index (χ3n) is 3.48. The second-order valence-corrected chi connectivity index (χ2v) is 6.50. The number of piperazine rings is 1. The molecule has 110 valence electrons. The van der Waals surface area contributed by atoms with Crippen molar-refractivity contribution in [3.8, 4) is 0 Å². The van der Waals surface area contributed by atoms with Gasteiger partial charge in [-0.15, -0.1) is 0 Å². The Kier molecular flexibility index (Phi) is 3.85. The number of fused-ring (bicyclic) bond motifs is 1. The highest BCUT2D eigenvalue weighted by Crippen LogP contribution is 2.34. The smallest absolute Gasteiger partial charge is 0.340 e. The Balaban J connectivity index is 2.10. The molecule has 0 unspecified atom stereocenters. The van der Waals surface area contributed by atoms with E-state index in [-0.39, 0.29) is 19.1 Å². The summed E-state index contributed by atoms with van der Waals surface area (Å²) >= 11 is 0. The molecule has 0 bridgehead atoms. The van der Waals surface area contributed by atoms with Crippen molar-refractivity contribution in [1.29, 1.82) is 0 Å². The molecule has 0 radical (unpaired) electrons. The standard InChI is InChI=1S/C10H18N2O6S/c1-10(9(13)16-2)6-8-7-11(19(14,15)17-3)4-5-12(8)18-10/h8H,4-7H2,1-3H3/t8-,10-/m1/s1. The number of hydrogen-bond acceptors (Lipinski definition) is 7. The molecule has 0 aromatic rings. The van der Waals surface area contributed by atoms with Crippen LogP contribution in [0.15, 0.2) is 0 Å². The highest BCUT2D eigenvalue weighted by molar-refractivity contribution is 7.84. The topological polar surface area (TPSA) is 85.4 Å². The number of methoxy groups -OCH3 is 1. The molecule has 0 aromatic heterocycles. The first-order chi connectivity index (χ1) is 8.82. The van der Waals surface area contributed by atoms with Gasteiger partial charge in [0.1, 0.15) is 0 Å². The average Bonchev–Trinajstić information content (AvgIpc) is 2.74. The van der Waals surface area contributed by atoms with Gasteiger partial charge in [0.05, 0.1) is 20.3 Å². The lowest BCUT2D eigenvalue weighted by Gasteiger charge is -2.34. The zero-order valence-electron chi connectivity index (χ0n) is 11.2. The molecule has 0 N–H and O–H groups in total. The number of carbonyl (C=O) groups excluding carboxylic acids is 1. The van der Waals surface area contributed by atoms with Crippen molar-refractivity contribution in [2.75, 3.05) is 33.9 Å². The van der Waals surface area contributed by atoms with Crippen molar-refractivity contribution in [2.45, 2.75) is 25.0 Å². The zero-order valence-corrected chi connectivity index (χ0v) is 12.0. The Labute approximate surface area is 112 Å². The van der Waals surface area contributed by atoms with Crippen LogP contribution in [0.1, 0.15) is 13.3 Å². The lowest BCUT2D eigenvalue weighted by atomic mass is 9.98. The summed E-state index contributed by atoms with van der Waals surface area (Å²) < 4.78 is 33.7. The van der Waals surface area contributed by atoms with Crippen molar-refractivity contribution in [1.82, 2.24) is 9.37 Å². The number of carbonyl (C=O) groups is 1. The number of hydrogen-bond donors (Lipinski definition) is 0. The molecule has 19 heavy (non-hydrogen) atoms. The molecule has 2 heterocycles. The minimum absolute atomic E-state index is 0.178. The molecule has 9 heteroatoms. The summed E-state index contributed by atoms with van der Waals surface area (Å²) in [6.07, 6.45) is 0.384. The van der Waals surface area contributed by atoms with Crippen LogP contribution >= 0.6 is 0 Å². The normalized spacial score (nSPS) is 33.1.